The van der Waals surface area contributed by atoms with Gasteiger partial charge >= 0.3 is 0 Å². The molecule has 1 aliphatic heterocycles. The second-order valence-electron chi connectivity index (χ2n) is 6.65. The fourth-order valence-corrected chi connectivity index (χ4v) is 3.45. The van der Waals surface area contributed by atoms with E-state index < -0.39 is 0 Å². The van der Waals surface area contributed by atoms with E-state index in [0.29, 0.717) is 12.1 Å². The SMILES string of the molecule is CCCCCCCCCC(CN)N1CCN(C)CC1C. The van der Waals surface area contributed by atoms with Crippen molar-refractivity contribution in [2.24, 2.45) is 5.73 Å². The number of nitrogens with zero attached hydrogens (tertiary/aromatic N) is 2. The molecule has 0 aromatic heterocycles. The van der Waals surface area contributed by atoms with Gasteiger partial charge in [0.15, 0.2) is 0 Å². The molecule has 0 bridgehead atoms. The summed E-state index contributed by atoms with van der Waals surface area (Å²) in [4.78, 5) is 5.08. The van der Waals surface area contributed by atoms with Crippen molar-refractivity contribution in [3.8, 4) is 0 Å². The molecular weight excluding hydrogens is 246 g/mol. The maximum Gasteiger partial charge on any atom is 0.0222 e. The van der Waals surface area contributed by atoms with Crippen LogP contribution in [0.4, 0.5) is 0 Å². The summed E-state index contributed by atoms with van der Waals surface area (Å²) >= 11 is 0. The van der Waals surface area contributed by atoms with Crippen molar-refractivity contribution in [3.63, 3.8) is 0 Å². The van der Waals surface area contributed by atoms with E-state index in [1.165, 1.54) is 71.0 Å². The van der Waals surface area contributed by atoms with Crippen LogP contribution in [0.3, 0.4) is 0 Å². The topological polar surface area (TPSA) is 32.5 Å². The van der Waals surface area contributed by atoms with Gasteiger partial charge in [0.1, 0.15) is 0 Å². The molecule has 1 aliphatic rings. The summed E-state index contributed by atoms with van der Waals surface area (Å²) in [5.74, 6) is 0. The summed E-state index contributed by atoms with van der Waals surface area (Å²) in [5, 5.41) is 0. The third-order valence-electron chi connectivity index (χ3n) is 4.76. The molecule has 1 rings (SSSR count). The molecule has 20 heavy (non-hydrogen) atoms. The van der Waals surface area contributed by atoms with Crippen LogP contribution in [0.2, 0.25) is 0 Å². The van der Waals surface area contributed by atoms with Crippen molar-refractivity contribution in [1.82, 2.24) is 9.80 Å². The second kappa shape index (κ2) is 10.6. The van der Waals surface area contributed by atoms with E-state index in [-0.39, 0.29) is 0 Å². The van der Waals surface area contributed by atoms with E-state index in [9.17, 15) is 0 Å². The molecule has 1 saturated heterocycles. The zero-order valence-corrected chi connectivity index (χ0v) is 14.1. The van der Waals surface area contributed by atoms with Gasteiger partial charge < -0.3 is 10.6 Å². The van der Waals surface area contributed by atoms with Crippen LogP contribution in [0.25, 0.3) is 0 Å². The van der Waals surface area contributed by atoms with Crippen molar-refractivity contribution in [3.05, 3.63) is 0 Å². The molecular formula is C17H37N3. The molecule has 3 nitrogen and oxygen atoms in total. The van der Waals surface area contributed by atoms with Gasteiger partial charge in [-0.2, -0.15) is 0 Å². The Kier molecular flexibility index (Phi) is 9.49. The molecule has 120 valence electrons. The van der Waals surface area contributed by atoms with Gasteiger partial charge in [-0.25, -0.2) is 0 Å². The van der Waals surface area contributed by atoms with Crippen LogP contribution in [0.1, 0.15) is 65.2 Å². The lowest BCUT2D eigenvalue weighted by Crippen LogP contribution is -2.56. The first-order valence-corrected chi connectivity index (χ1v) is 8.83. The minimum absolute atomic E-state index is 0.606. The van der Waals surface area contributed by atoms with Crippen LogP contribution in [0, 0.1) is 0 Å². The van der Waals surface area contributed by atoms with Crippen LogP contribution < -0.4 is 5.73 Å². The van der Waals surface area contributed by atoms with Gasteiger partial charge in [-0.05, 0) is 20.4 Å². The largest absolute Gasteiger partial charge is 0.329 e. The first-order chi connectivity index (χ1) is 9.69. The van der Waals surface area contributed by atoms with E-state index >= 15 is 0 Å². The number of unbranched alkanes of at least 4 members (excludes halogenated alkanes) is 6. The Morgan fingerprint density at radius 2 is 1.70 bits per heavy atom. The zero-order valence-electron chi connectivity index (χ0n) is 14.1. The lowest BCUT2D eigenvalue weighted by atomic mass is 10.0. The third-order valence-corrected chi connectivity index (χ3v) is 4.76. The van der Waals surface area contributed by atoms with Gasteiger partial charge in [-0.1, -0.05) is 51.9 Å². The average molecular weight is 284 g/mol. The quantitative estimate of drug-likeness (QED) is 0.625. The minimum Gasteiger partial charge on any atom is -0.329 e. The molecule has 0 radical (unpaired) electrons. The van der Waals surface area contributed by atoms with Crippen molar-refractivity contribution < 1.29 is 0 Å². The molecule has 1 heterocycles. The van der Waals surface area contributed by atoms with E-state index in [4.69, 9.17) is 5.73 Å². The lowest BCUT2D eigenvalue weighted by molar-refractivity contribution is 0.0595. The predicted octanol–water partition coefficient (Wildman–Crippen LogP) is 3.09. The number of hydrogen-bond donors (Lipinski definition) is 1. The summed E-state index contributed by atoms with van der Waals surface area (Å²) in [5.41, 5.74) is 6.03. The fraction of sp³-hybridized carbons (Fsp3) is 1.00. The zero-order chi connectivity index (χ0) is 14.8. The number of piperazine rings is 1. The average Bonchev–Trinajstić information content (AvgIpc) is 2.43. The molecule has 0 aliphatic carbocycles. The Bertz CT molecular complexity index is 232. The summed E-state index contributed by atoms with van der Waals surface area (Å²) in [6.07, 6.45) is 11.0. The summed E-state index contributed by atoms with van der Waals surface area (Å²) < 4.78 is 0. The predicted molar refractivity (Wildman–Crippen MR) is 89.1 cm³/mol. The van der Waals surface area contributed by atoms with E-state index in [2.05, 4.69) is 30.7 Å². The van der Waals surface area contributed by atoms with E-state index in [0.717, 1.165) is 6.54 Å². The van der Waals surface area contributed by atoms with Crippen LogP contribution >= 0.6 is 0 Å². The molecule has 0 aromatic rings. The number of nitrogens with two attached hydrogens (primary N) is 1. The van der Waals surface area contributed by atoms with E-state index in [1.54, 1.807) is 0 Å². The minimum atomic E-state index is 0.606. The van der Waals surface area contributed by atoms with Gasteiger partial charge in [0.25, 0.3) is 0 Å². The Labute approximate surface area is 126 Å². The molecule has 2 atom stereocenters. The fourth-order valence-electron chi connectivity index (χ4n) is 3.45. The van der Waals surface area contributed by atoms with Crippen LogP contribution in [-0.2, 0) is 0 Å². The highest BCUT2D eigenvalue weighted by atomic mass is 15.3. The van der Waals surface area contributed by atoms with Crippen molar-refractivity contribution in [2.45, 2.75) is 77.3 Å². The highest BCUT2D eigenvalue weighted by Crippen LogP contribution is 2.17. The first kappa shape index (κ1) is 17.9. The Morgan fingerprint density at radius 3 is 2.30 bits per heavy atom. The highest BCUT2D eigenvalue weighted by Gasteiger charge is 2.26. The van der Waals surface area contributed by atoms with Gasteiger partial charge in [-0.3, -0.25) is 4.90 Å². The maximum absolute atomic E-state index is 6.03. The van der Waals surface area contributed by atoms with Gasteiger partial charge in [0, 0.05) is 38.3 Å². The Balaban J connectivity index is 2.16. The Morgan fingerprint density at radius 1 is 1.05 bits per heavy atom. The van der Waals surface area contributed by atoms with Crippen LogP contribution in [0.5, 0.6) is 0 Å². The molecule has 0 spiro atoms. The highest BCUT2D eigenvalue weighted by molar-refractivity contribution is 4.83. The smallest absolute Gasteiger partial charge is 0.0222 e. The van der Waals surface area contributed by atoms with Gasteiger partial charge in [0.2, 0.25) is 0 Å². The third kappa shape index (κ3) is 6.55. The Hall–Kier alpha value is -0.120. The van der Waals surface area contributed by atoms with Gasteiger partial charge in [-0.15, -0.1) is 0 Å². The van der Waals surface area contributed by atoms with Crippen molar-refractivity contribution in [2.75, 3.05) is 33.2 Å². The second-order valence-corrected chi connectivity index (χ2v) is 6.65. The molecule has 1 fully saturated rings. The summed E-state index contributed by atoms with van der Waals surface area (Å²) in [7, 11) is 2.22. The van der Waals surface area contributed by atoms with Crippen LogP contribution in [-0.4, -0.2) is 55.1 Å². The summed E-state index contributed by atoms with van der Waals surface area (Å²) in [6, 6.07) is 1.26. The number of rotatable bonds is 10. The van der Waals surface area contributed by atoms with E-state index in [1.807, 2.05) is 0 Å². The standard InChI is InChI=1S/C17H37N3/c1-4-5-6-7-8-9-10-11-17(14-18)20-13-12-19(3)15-16(20)2/h16-17H,4-15,18H2,1-3H3. The van der Waals surface area contributed by atoms with Crippen molar-refractivity contribution in [1.29, 1.82) is 0 Å². The number of likely N-dealkylation sites (N-methyl/N-ethyl adjacent to an activating group) is 1. The molecule has 0 aromatic carbocycles. The molecule has 0 amide bonds. The molecule has 0 saturated carbocycles. The number of hydrogen-bond acceptors (Lipinski definition) is 3. The maximum atomic E-state index is 6.03. The lowest BCUT2D eigenvalue weighted by Gasteiger charge is -2.42. The first-order valence-electron chi connectivity index (χ1n) is 8.83. The van der Waals surface area contributed by atoms with Crippen LogP contribution in [0.15, 0.2) is 0 Å². The van der Waals surface area contributed by atoms with Crippen molar-refractivity contribution >= 4 is 0 Å². The normalized spacial score (nSPS) is 23.1. The molecule has 2 unspecified atom stereocenters. The molecule has 3 heteroatoms. The van der Waals surface area contributed by atoms with Gasteiger partial charge in [0.05, 0.1) is 0 Å². The molecule has 2 N–H and O–H groups in total. The monoisotopic (exact) mass is 283 g/mol. The summed E-state index contributed by atoms with van der Waals surface area (Å²) in [6.45, 7) is 9.03.